The zero-order valence-electron chi connectivity index (χ0n) is 9.79. The van der Waals surface area contributed by atoms with Gasteiger partial charge in [-0.3, -0.25) is 9.59 Å². The Bertz CT molecular complexity index is 483. The van der Waals surface area contributed by atoms with Crippen molar-refractivity contribution in [2.24, 2.45) is 0 Å². The summed E-state index contributed by atoms with van der Waals surface area (Å²) >= 11 is 0. The topological polar surface area (TPSA) is 94.9 Å². The molecule has 0 bridgehead atoms. The van der Waals surface area contributed by atoms with Crippen molar-refractivity contribution >= 4 is 23.5 Å². The fourth-order valence-corrected chi connectivity index (χ4v) is 1.52. The molecule has 6 nitrogen and oxygen atoms in total. The first-order valence-electron chi connectivity index (χ1n) is 5.31. The molecule has 0 radical (unpaired) electrons. The summed E-state index contributed by atoms with van der Waals surface area (Å²) in [5.41, 5.74) is -0.000185. The zero-order chi connectivity index (χ0) is 13.7. The van der Waals surface area contributed by atoms with Crippen LogP contribution in [0.4, 0.5) is 5.69 Å². The number of nitrogens with zero attached hydrogens (tertiary/aromatic N) is 1. The molecule has 1 amide bonds. The molecule has 0 fully saturated rings. The summed E-state index contributed by atoms with van der Waals surface area (Å²) in [4.78, 5) is 34.4. The Morgan fingerprint density at radius 2 is 1.78 bits per heavy atom. The third-order valence-corrected chi connectivity index (χ3v) is 2.32. The van der Waals surface area contributed by atoms with Crippen LogP contribution in [-0.2, 0) is 9.59 Å². The van der Waals surface area contributed by atoms with Gasteiger partial charge >= 0.3 is 11.9 Å². The highest BCUT2D eigenvalue weighted by atomic mass is 16.4. The SMILES string of the molecule is CCC(=O)N(CC(=O)O)c1ccccc1C(=O)O. The lowest BCUT2D eigenvalue weighted by molar-refractivity contribution is -0.136. The quantitative estimate of drug-likeness (QED) is 0.820. The Kier molecular flexibility index (Phi) is 4.42. The molecule has 6 heteroatoms. The summed E-state index contributed by atoms with van der Waals surface area (Å²) in [6.45, 7) is 1.03. The smallest absolute Gasteiger partial charge is 0.337 e. The molecule has 18 heavy (non-hydrogen) atoms. The molecular weight excluding hydrogens is 238 g/mol. The standard InChI is InChI=1S/C12H13NO5/c1-2-10(14)13(7-11(15)16)9-6-4-3-5-8(9)12(17)18/h3-6H,2,7H2,1H3,(H,15,16)(H,17,18). The number of carboxylic acids is 2. The van der Waals surface area contributed by atoms with Crippen LogP contribution in [0, 0.1) is 0 Å². The molecule has 0 spiro atoms. The van der Waals surface area contributed by atoms with Gasteiger partial charge in [0, 0.05) is 6.42 Å². The summed E-state index contributed by atoms with van der Waals surface area (Å²) in [5.74, 6) is -2.84. The van der Waals surface area contributed by atoms with Crippen LogP contribution in [0.2, 0.25) is 0 Å². The first kappa shape index (κ1) is 13.7. The van der Waals surface area contributed by atoms with Crippen LogP contribution >= 0.6 is 0 Å². The molecule has 0 atom stereocenters. The predicted octanol–water partition coefficient (Wildman–Crippen LogP) is 1.21. The highest BCUT2D eigenvalue weighted by Gasteiger charge is 2.22. The first-order valence-corrected chi connectivity index (χ1v) is 5.31. The van der Waals surface area contributed by atoms with Gasteiger partial charge in [-0.05, 0) is 12.1 Å². The van der Waals surface area contributed by atoms with Crippen LogP contribution in [0.15, 0.2) is 24.3 Å². The van der Waals surface area contributed by atoms with Crippen molar-refractivity contribution in [3.8, 4) is 0 Å². The van der Waals surface area contributed by atoms with E-state index < -0.39 is 24.4 Å². The summed E-state index contributed by atoms with van der Waals surface area (Å²) in [5, 5.41) is 17.8. The minimum atomic E-state index is -1.20. The van der Waals surface area contributed by atoms with E-state index >= 15 is 0 Å². The van der Waals surface area contributed by atoms with E-state index in [0.29, 0.717) is 0 Å². The van der Waals surface area contributed by atoms with E-state index in [9.17, 15) is 14.4 Å². The largest absolute Gasteiger partial charge is 0.480 e. The number of rotatable bonds is 5. The van der Waals surface area contributed by atoms with Crippen molar-refractivity contribution in [1.82, 2.24) is 0 Å². The van der Waals surface area contributed by atoms with Gasteiger partial charge in [0.05, 0.1) is 11.3 Å². The van der Waals surface area contributed by atoms with E-state index in [1.165, 1.54) is 18.2 Å². The molecule has 1 aromatic carbocycles. The van der Waals surface area contributed by atoms with Crippen LogP contribution in [0.1, 0.15) is 23.7 Å². The molecule has 0 aliphatic rings. The molecule has 0 heterocycles. The Morgan fingerprint density at radius 3 is 2.28 bits per heavy atom. The van der Waals surface area contributed by atoms with Gasteiger partial charge in [0.25, 0.3) is 0 Å². The first-order chi connectivity index (χ1) is 8.47. The molecule has 1 rings (SSSR count). The van der Waals surface area contributed by atoms with E-state index in [4.69, 9.17) is 10.2 Å². The van der Waals surface area contributed by atoms with E-state index in [2.05, 4.69) is 0 Å². The lowest BCUT2D eigenvalue weighted by Crippen LogP contribution is -2.36. The summed E-state index contributed by atoms with van der Waals surface area (Å²) in [6, 6.07) is 5.82. The number of aliphatic carboxylic acids is 1. The average Bonchev–Trinajstić information content (AvgIpc) is 2.34. The average molecular weight is 251 g/mol. The highest BCUT2D eigenvalue weighted by Crippen LogP contribution is 2.21. The van der Waals surface area contributed by atoms with Crippen molar-refractivity contribution in [2.75, 3.05) is 11.4 Å². The number of amides is 1. The Morgan fingerprint density at radius 1 is 1.17 bits per heavy atom. The molecule has 0 saturated heterocycles. The number of hydrogen-bond acceptors (Lipinski definition) is 3. The third kappa shape index (κ3) is 3.07. The molecule has 0 unspecified atom stereocenters. The van der Waals surface area contributed by atoms with Crippen LogP contribution in [0.3, 0.4) is 0 Å². The van der Waals surface area contributed by atoms with E-state index in [1.807, 2.05) is 0 Å². The Hall–Kier alpha value is -2.37. The molecule has 2 N–H and O–H groups in total. The number of carbonyl (C=O) groups excluding carboxylic acids is 1. The Labute approximate surface area is 103 Å². The number of aromatic carboxylic acids is 1. The molecule has 0 aromatic heterocycles. The molecule has 0 aliphatic carbocycles. The molecule has 0 aliphatic heterocycles. The molecule has 1 aromatic rings. The number of carboxylic acid groups (broad SMARTS) is 2. The number of hydrogen-bond donors (Lipinski definition) is 2. The minimum Gasteiger partial charge on any atom is -0.480 e. The normalized spacial score (nSPS) is 9.83. The second-order valence-electron chi connectivity index (χ2n) is 3.55. The summed E-state index contributed by atoms with van der Waals surface area (Å²) < 4.78 is 0. The minimum absolute atomic E-state index is 0.0965. The van der Waals surface area contributed by atoms with E-state index in [0.717, 1.165) is 4.90 Å². The van der Waals surface area contributed by atoms with Crippen LogP contribution in [0.25, 0.3) is 0 Å². The van der Waals surface area contributed by atoms with Crippen LogP contribution in [-0.4, -0.2) is 34.6 Å². The second kappa shape index (κ2) is 5.81. The van der Waals surface area contributed by atoms with Crippen molar-refractivity contribution in [2.45, 2.75) is 13.3 Å². The van der Waals surface area contributed by atoms with Gasteiger partial charge in [-0.25, -0.2) is 4.79 Å². The van der Waals surface area contributed by atoms with Gasteiger partial charge < -0.3 is 15.1 Å². The molecule has 0 saturated carbocycles. The maximum absolute atomic E-state index is 11.7. The summed E-state index contributed by atoms with van der Waals surface area (Å²) in [6.07, 6.45) is 0.0984. The number of carbonyl (C=O) groups is 3. The van der Waals surface area contributed by atoms with Gasteiger partial charge in [-0.2, -0.15) is 0 Å². The van der Waals surface area contributed by atoms with Crippen molar-refractivity contribution < 1.29 is 24.6 Å². The lowest BCUT2D eigenvalue weighted by atomic mass is 10.1. The van der Waals surface area contributed by atoms with Gasteiger partial charge in [-0.1, -0.05) is 19.1 Å². The zero-order valence-corrected chi connectivity index (χ0v) is 9.79. The van der Waals surface area contributed by atoms with E-state index in [1.54, 1.807) is 13.0 Å². The van der Waals surface area contributed by atoms with Crippen LogP contribution in [0.5, 0.6) is 0 Å². The Balaban J connectivity index is 3.24. The maximum atomic E-state index is 11.7. The van der Waals surface area contributed by atoms with Crippen LogP contribution < -0.4 is 4.90 Å². The number of benzene rings is 1. The summed E-state index contributed by atoms with van der Waals surface area (Å²) in [7, 11) is 0. The third-order valence-electron chi connectivity index (χ3n) is 2.32. The van der Waals surface area contributed by atoms with Crippen molar-refractivity contribution in [1.29, 1.82) is 0 Å². The number of para-hydroxylation sites is 1. The monoisotopic (exact) mass is 251 g/mol. The van der Waals surface area contributed by atoms with Gasteiger partial charge in [0.15, 0.2) is 0 Å². The molecular formula is C12H13NO5. The predicted molar refractivity (Wildman–Crippen MR) is 63.7 cm³/mol. The molecule has 96 valence electrons. The van der Waals surface area contributed by atoms with Gasteiger partial charge in [0.2, 0.25) is 5.91 Å². The van der Waals surface area contributed by atoms with Gasteiger partial charge in [-0.15, -0.1) is 0 Å². The maximum Gasteiger partial charge on any atom is 0.337 e. The fourth-order valence-electron chi connectivity index (χ4n) is 1.52. The lowest BCUT2D eigenvalue weighted by Gasteiger charge is -2.21. The van der Waals surface area contributed by atoms with Gasteiger partial charge in [0.1, 0.15) is 6.54 Å². The number of anilines is 1. The van der Waals surface area contributed by atoms with E-state index in [-0.39, 0.29) is 17.7 Å². The van der Waals surface area contributed by atoms with Crippen molar-refractivity contribution in [3.63, 3.8) is 0 Å². The second-order valence-corrected chi connectivity index (χ2v) is 3.55. The fraction of sp³-hybridized carbons (Fsp3) is 0.250. The highest BCUT2D eigenvalue weighted by molar-refractivity contribution is 6.03. The van der Waals surface area contributed by atoms with Crippen molar-refractivity contribution in [3.05, 3.63) is 29.8 Å².